The van der Waals surface area contributed by atoms with Gasteiger partial charge in [0.15, 0.2) is 0 Å². The van der Waals surface area contributed by atoms with Crippen LogP contribution < -0.4 is 9.80 Å². The lowest BCUT2D eigenvalue weighted by Gasteiger charge is -2.25. The standard InChI is InChI=1S/C60H41N3O/c1-5-17-46(18-6-1)61(47-19-7-2-8-20-47)50-33-29-42(30-34-50)44-37-45(43-31-35-51(36-32-43)62(48-21-9-3-10-22-48)49-23-11-4-12-24-49)39-52(38-44)63-57-27-15-13-25-53(57)55-41-60-56(40-58(55)63)54-26-14-16-28-59(54)64-60/h1-41H. The summed E-state index contributed by atoms with van der Waals surface area (Å²) in [4.78, 5) is 4.61. The number of para-hydroxylation sites is 6. The zero-order valence-electron chi connectivity index (χ0n) is 34.9. The summed E-state index contributed by atoms with van der Waals surface area (Å²) in [5, 5.41) is 4.57. The highest BCUT2D eigenvalue weighted by Gasteiger charge is 2.19. The number of anilines is 6. The first-order chi connectivity index (χ1) is 31.7. The van der Waals surface area contributed by atoms with Crippen LogP contribution in [-0.2, 0) is 0 Å². The fourth-order valence-electron chi connectivity index (χ4n) is 9.35. The number of hydrogen-bond donors (Lipinski definition) is 0. The maximum Gasteiger partial charge on any atom is 0.136 e. The van der Waals surface area contributed by atoms with Crippen LogP contribution in [0.3, 0.4) is 0 Å². The predicted molar refractivity (Wildman–Crippen MR) is 268 cm³/mol. The van der Waals surface area contributed by atoms with Crippen LogP contribution in [-0.4, -0.2) is 4.57 Å². The van der Waals surface area contributed by atoms with Crippen molar-refractivity contribution in [2.75, 3.05) is 9.80 Å². The number of hydrogen-bond acceptors (Lipinski definition) is 3. The first kappa shape index (κ1) is 37.2. The number of benzene rings is 10. The second kappa shape index (κ2) is 15.7. The highest BCUT2D eigenvalue weighted by Crippen LogP contribution is 2.42. The largest absolute Gasteiger partial charge is 0.456 e. The highest BCUT2D eigenvalue weighted by molar-refractivity contribution is 6.17. The van der Waals surface area contributed by atoms with Gasteiger partial charge in [-0.25, -0.2) is 0 Å². The molecule has 0 saturated heterocycles. The van der Waals surface area contributed by atoms with Gasteiger partial charge in [0, 0.05) is 61.4 Å². The van der Waals surface area contributed by atoms with E-state index in [1.54, 1.807) is 0 Å². The number of fused-ring (bicyclic) bond motifs is 6. The van der Waals surface area contributed by atoms with Crippen molar-refractivity contribution < 1.29 is 4.42 Å². The summed E-state index contributed by atoms with van der Waals surface area (Å²) >= 11 is 0. The fraction of sp³-hybridized carbons (Fsp3) is 0. The van der Waals surface area contributed by atoms with Crippen LogP contribution in [0.25, 0.3) is 71.7 Å². The maximum absolute atomic E-state index is 6.43. The van der Waals surface area contributed by atoms with Gasteiger partial charge in [-0.2, -0.15) is 0 Å². The molecule has 0 spiro atoms. The number of rotatable bonds is 9. The maximum atomic E-state index is 6.43. The zero-order valence-corrected chi connectivity index (χ0v) is 34.9. The molecule has 0 atom stereocenters. The molecule has 2 heterocycles. The van der Waals surface area contributed by atoms with E-state index in [0.717, 1.165) is 100 Å². The van der Waals surface area contributed by atoms with Gasteiger partial charge in [-0.1, -0.05) is 133 Å². The second-order valence-electron chi connectivity index (χ2n) is 16.2. The molecule has 12 aromatic rings. The average Bonchev–Trinajstić information content (AvgIpc) is 3.90. The molecule has 12 rings (SSSR count). The molecule has 0 aliphatic carbocycles. The van der Waals surface area contributed by atoms with Gasteiger partial charge in [-0.05, 0) is 138 Å². The van der Waals surface area contributed by atoms with Crippen LogP contribution >= 0.6 is 0 Å². The van der Waals surface area contributed by atoms with Crippen molar-refractivity contribution in [3.05, 3.63) is 249 Å². The van der Waals surface area contributed by atoms with Crippen LogP contribution in [0.15, 0.2) is 253 Å². The first-order valence-corrected chi connectivity index (χ1v) is 21.7. The number of furan rings is 1. The second-order valence-corrected chi connectivity index (χ2v) is 16.2. The predicted octanol–water partition coefficient (Wildman–Crippen LogP) is 17.0. The fourth-order valence-corrected chi connectivity index (χ4v) is 9.35. The lowest BCUT2D eigenvalue weighted by atomic mass is 9.97. The molecule has 0 aliphatic heterocycles. The van der Waals surface area contributed by atoms with E-state index in [2.05, 4.69) is 257 Å². The van der Waals surface area contributed by atoms with Crippen molar-refractivity contribution in [1.29, 1.82) is 0 Å². The molecule has 10 aromatic carbocycles. The molecule has 0 fully saturated rings. The molecule has 64 heavy (non-hydrogen) atoms. The third-order valence-electron chi connectivity index (χ3n) is 12.3. The van der Waals surface area contributed by atoms with Gasteiger partial charge in [-0.15, -0.1) is 0 Å². The molecular weight excluding hydrogens is 779 g/mol. The van der Waals surface area contributed by atoms with Crippen molar-refractivity contribution >= 4 is 77.9 Å². The van der Waals surface area contributed by atoms with Crippen molar-refractivity contribution in [3.63, 3.8) is 0 Å². The van der Waals surface area contributed by atoms with Crippen molar-refractivity contribution in [1.82, 2.24) is 4.57 Å². The van der Waals surface area contributed by atoms with Gasteiger partial charge in [0.1, 0.15) is 11.2 Å². The number of nitrogens with zero attached hydrogens (tertiary/aromatic N) is 3. The van der Waals surface area contributed by atoms with Crippen LogP contribution in [0.2, 0.25) is 0 Å². The molecule has 0 bridgehead atoms. The zero-order chi connectivity index (χ0) is 42.4. The van der Waals surface area contributed by atoms with Gasteiger partial charge in [0.25, 0.3) is 0 Å². The molecule has 0 N–H and O–H groups in total. The molecule has 4 heteroatoms. The quantitative estimate of drug-likeness (QED) is 0.145. The van der Waals surface area contributed by atoms with Gasteiger partial charge in [0.2, 0.25) is 0 Å². The van der Waals surface area contributed by atoms with Crippen LogP contribution in [0.4, 0.5) is 34.1 Å². The Morgan fingerprint density at radius 1 is 0.266 bits per heavy atom. The van der Waals surface area contributed by atoms with E-state index in [9.17, 15) is 0 Å². The van der Waals surface area contributed by atoms with Crippen molar-refractivity contribution in [2.24, 2.45) is 0 Å². The topological polar surface area (TPSA) is 24.6 Å². The molecular formula is C60H41N3O. The lowest BCUT2D eigenvalue weighted by molar-refractivity contribution is 0.669. The summed E-state index contributed by atoms with van der Waals surface area (Å²) in [6.45, 7) is 0. The van der Waals surface area contributed by atoms with E-state index in [-0.39, 0.29) is 0 Å². The molecule has 0 saturated carbocycles. The van der Waals surface area contributed by atoms with Crippen molar-refractivity contribution in [3.8, 4) is 27.9 Å². The van der Waals surface area contributed by atoms with Crippen LogP contribution in [0, 0.1) is 0 Å². The Morgan fingerprint density at radius 3 is 1.19 bits per heavy atom. The minimum atomic E-state index is 0.895. The molecule has 4 nitrogen and oxygen atoms in total. The minimum absolute atomic E-state index is 0.895. The summed E-state index contributed by atoms with van der Waals surface area (Å²) in [6, 6.07) is 88.8. The molecule has 0 amide bonds. The molecule has 0 radical (unpaired) electrons. The highest BCUT2D eigenvalue weighted by atomic mass is 16.3. The summed E-state index contributed by atoms with van der Waals surface area (Å²) in [5.74, 6) is 0. The number of aromatic nitrogens is 1. The van der Waals surface area contributed by atoms with E-state index in [1.165, 1.54) is 5.39 Å². The summed E-state index contributed by atoms with van der Waals surface area (Å²) in [7, 11) is 0. The van der Waals surface area contributed by atoms with Crippen LogP contribution in [0.5, 0.6) is 0 Å². The average molecular weight is 820 g/mol. The Labute approximate surface area is 371 Å². The summed E-state index contributed by atoms with van der Waals surface area (Å²) in [6.07, 6.45) is 0. The summed E-state index contributed by atoms with van der Waals surface area (Å²) < 4.78 is 8.86. The minimum Gasteiger partial charge on any atom is -0.456 e. The Kier molecular flexibility index (Phi) is 9.12. The van der Waals surface area contributed by atoms with E-state index in [4.69, 9.17) is 4.42 Å². The molecule has 2 aromatic heterocycles. The van der Waals surface area contributed by atoms with E-state index < -0.39 is 0 Å². The Hall–Kier alpha value is -8.60. The Morgan fingerprint density at radius 2 is 0.688 bits per heavy atom. The molecule has 0 unspecified atom stereocenters. The normalized spacial score (nSPS) is 11.4. The molecule has 302 valence electrons. The summed E-state index contributed by atoms with van der Waals surface area (Å²) in [5.41, 5.74) is 16.3. The SMILES string of the molecule is c1ccc(N(c2ccccc2)c2ccc(-c3cc(-c4ccc(N(c5ccccc5)c5ccccc5)cc4)cc(-n4c5ccccc5c5cc6oc7ccccc7c6cc54)c3)cc2)cc1. The Balaban J connectivity index is 1.04. The Bertz CT molecular complexity index is 3360. The monoisotopic (exact) mass is 819 g/mol. The van der Waals surface area contributed by atoms with E-state index in [1.807, 2.05) is 6.07 Å². The van der Waals surface area contributed by atoms with Gasteiger partial charge < -0.3 is 18.8 Å². The third-order valence-corrected chi connectivity index (χ3v) is 12.3. The smallest absolute Gasteiger partial charge is 0.136 e. The van der Waals surface area contributed by atoms with Gasteiger partial charge in [-0.3, -0.25) is 0 Å². The van der Waals surface area contributed by atoms with Gasteiger partial charge >= 0.3 is 0 Å². The van der Waals surface area contributed by atoms with Gasteiger partial charge in [0.05, 0.1) is 11.0 Å². The molecule has 0 aliphatic rings. The first-order valence-electron chi connectivity index (χ1n) is 21.7. The van der Waals surface area contributed by atoms with Crippen molar-refractivity contribution in [2.45, 2.75) is 0 Å². The van der Waals surface area contributed by atoms with E-state index in [0.29, 0.717) is 0 Å². The third kappa shape index (κ3) is 6.57. The van der Waals surface area contributed by atoms with E-state index >= 15 is 0 Å². The lowest BCUT2D eigenvalue weighted by Crippen LogP contribution is -2.09. The van der Waals surface area contributed by atoms with Crippen LogP contribution in [0.1, 0.15) is 0 Å².